The third-order valence-electron chi connectivity index (χ3n) is 3.13. The van der Waals surface area contributed by atoms with Gasteiger partial charge in [-0.1, -0.05) is 24.8 Å². The number of hydrogen-bond acceptors (Lipinski definition) is 4. The molecule has 20 heavy (non-hydrogen) atoms. The summed E-state index contributed by atoms with van der Waals surface area (Å²) in [6, 6.07) is 12.3. The van der Waals surface area contributed by atoms with Crippen molar-refractivity contribution in [1.82, 2.24) is 4.98 Å². The predicted octanol–water partition coefficient (Wildman–Crippen LogP) is 3.52. The molecular weight excluding hydrogens is 268 g/mol. The molecule has 2 N–H and O–H groups in total. The van der Waals surface area contributed by atoms with Gasteiger partial charge in [0.05, 0.1) is 7.11 Å². The normalized spacial score (nSPS) is 12.2. The molecule has 0 bridgehead atoms. The minimum Gasteiger partial charge on any atom is -0.497 e. The van der Waals surface area contributed by atoms with Crippen LogP contribution in [0.4, 0.5) is 0 Å². The van der Waals surface area contributed by atoms with E-state index in [9.17, 15) is 0 Å². The van der Waals surface area contributed by atoms with Crippen LogP contribution < -0.4 is 10.5 Å². The third kappa shape index (κ3) is 3.99. The van der Waals surface area contributed by atoms with Gasteiger partial charge in [0, 0.05) is 17.1 Å². The molecule has 0 fully saturated rings. The van der Waals surface area contributed by atoms with E-state index < -0.39 is 0 Å². The van der Waals surface area contributed by atoms with Crippen molar-refractivity contribution in [2.45, 2.75) is 35.7 Å². The summed E-state index contributed by atoms with van der Waals surface area (Å²) in [5.74, 6) is 0.864. The molecule has 2 aromatic rings. The second kappa shape index (κ2) is 7.31. The van der Waals surface area contributed by atoms with Gasteiger partial charge in [-0.15, -0.1) is 0 Å². The summed E-state index contributed by atoms with van der Waals surface area (Å²) >= 11 is 1.66. The molecule has 2 rings (SSSR count). The predicted molar refractivity (Wildman–Crippen MR) is 83.3 cm³/mol. The maximum absolute atomic E-state index is 6.05. The maximum atomic E-state index is 6.05. The highest BCUT2D eigenvalue weighted by Crippen LogP contribution is 2.30. The molecule has 1 unspecified atom stereocenters. The molecule has 1 heterocycles. The van der Waals surface area contributed by atoms with Crippen LogP contribution in [0.25, 0.3) is 0 Å². The highest BCUT2D eigenvalue weighted by molar-refractivity contribution is 7.99. The summed E-state index contributed by atoms with van der Waals surface area (Å²) < 4.78 is 5.17. The molecule has 0 saturated heterocycles. The van der Waals surface area contributed by atoms with Gasteiger partial charge < -0.3 is 10.5 Å². The number of pyridine rings is 1. The number of benzene rings is 1. The molecule has 0 amide bonds. The fourth-order valence-corrected chi connectivity index (χ4v) is 2.75. The van der Waals surface area contributed by atoms with Crippen LogP contribution in [0.5, 0.6) is 5.75 Å². The van der Waals surface area contributed by atoms with E-state index in [0.717, 1.165) is 28.5 Å². The molecule has 1 atom stereocenters. The first kappa shape index (κ1) is 14.9. The lowest BCUT2D eigenvalue weighted by atomic mass is 10.1. The quantitative estimate of drug-likeness (QED) is 0.883. The lowest BCUT2D eigenvalue weighted by Crippen LogP contribution is -2.21. The Labute approximate surface area is 124 Å². The minimum atomic E-state index is 0.189. The van der Waals surface area contributed by atoms with E-state index in [1.807, 2.05) is 36.5 Å². The molecule has 0 aliphatic heterocycles. The molecule has 0 aliphatic carbocycles. The van der Waals surface area contributed by atoms with Crippen molar-refractivity contribution in [2.75, 3.05) is 7.11 Å². The fourth-order valence-electron chi connectivity index (χ4n) is 1.85. The first-order valence-corrected chi connectivity index (χ1v) is 7.56. The molecule has 1 aromatic heterocycles. The summed E-state index contributed by atoms with van der Waals surface area (Å²) in [6.45, 7) is 2.11. The fraction of sp³-hybridized carbons (Fsp3) is 0.312. The molecule has 0 aliphatic rings. The molecule has 106 valence electrons. The standard InChI is InChI=1S/C16H20N2OS/c1-3-13(17)11-12-5-4-10-18-16(12)20-15-8-6-14(19-2)7-9-15/h4-10,13H,3,11,17H2,1-2H3. The van der Waals surface area contributed by atoms with Crippen LogP contribution in [0, 0.1) is 0 Å². The van der Waals surface area contributed by atoms with Gasteiger partial charge in [0.25, 0.3) is 0 Å². The van der Waals surface area contributed by atoms with Gasteiger partial charge in [-0.2, -0.15) is 0 Å². The van der Waals surface area contributed by atoms with E-state index in [-0.39, 0.29) is 6.04 Å². The summed E-state index contributed by atoms with van der Waals surface area (Å²) in [5, 5.41) is 1.03. The maximum Gasteiger partial charge on any atom is 0.118 e. The smallest absolute Gasteiger partial charge is 0.118 e. The molecule has 3 nitrogen and oxygen atoms in total. The number of nitrogens with two attached hydrogens (primary N) is 1. The van der Waals surface area contributed by atoms with Crippen LogP contribution in [-0.4, -0.2) is 18.1 Å². The molecule has 0 radical (unpaired) electrons. The molecular formula is C16H20N2OS. The SMILES string of the molecule is CCC(N)Cc1cccnc1Sc1ccc(OC)cc1. The van der Waals surface area contributed by atoms with Crippen molar-refractivity contribution in [1.29, 1.82) is 0 Å². The first-order valence-electron chi connectivity index (χ1n) is 6.74. The Bertz CT molecular complexity index is 542. The van der Waals surface area contributed by atoms with E-state index in [4.69, 9.17) is 10.5 Å². The zero-order valence-electron chi connectivity index (χ0n) is 11.9. The average Bonchev–Trinajstić information content (AvgIpc) is 2.50. The van der Waals surface area contributed by atoms with Crippen LogP contribution in [0.15, 0.2) is 52.5 Å². The Balaban J connectivity index is 2.15. The van der Waals surface area contributed by atoms with Crippen LogP contribution in [0.1, 0.15) is 18.9 Å². The summed E-state index contributed by atoms with van der Waals surface area (Å²) in [7, 11) is 1.67. The van der Waals surface area contributed by atoms with E-state index >= 15 is 0 Å². The largest absolute Gasteiger partial charge is 0.497 e. The summed E-state index contributed by atoms with van der Waals surface area (Å²) in [4.78, 5) is 5.63. The van der Waals surface area contributed by atoms with E-state index in [2.05, 4.69) is 18.0 Å². The second-order valence-corrected chi connectivity index (χ2v) is 5.68. The van der Waals surface area contributed by atoms with Crippen LogP contribution in [-0.2, 0) is 6.42 Å². The number of aromatic nitrogens is 1. The van der Waals surface area contributed by atoms with Crippen molar-refractivity contribution >= 4 is 11.8 Å². The number of nitrogens with zero attached hydrogens (tertiary/aromatic N) is 1. The number of rotatable bonds is 6. The highest BCUT2D eigenvalue weighted by atomic mass is 32.2. The highest BCUT2D eigenvalue weighted by Gasteiger charge is 2.09. The summed E-state index contributed by atoms with van der Waals surface area (Å²) in [6.07, 6.45) is 3.66. The topological polar surface area (TPSA) is 48.1 Å². The molecule has 0 spiro atoms. The Kier molecular flexibility index (Phi) is 5.44. The Morgan fingerprint density at radius 3 is 2.65 bits per heavy atom. The first-order chi connectivity index (χ1) is 9.72. The summed E-state index contributed by atoms with van der Waals surface area (Å²) in [5.41, 5.74) is 7.26. The van der Waals surface area contributed by atoms with E-state index in [0.29, 0.717) is 0 Å². The lowest BCUT2D eigenvalue weighted by Gasteiger charge is -2.12. The minimum absolute atomic E-state index is 0.189. The van der Waals surface area contributed by atoms with Gasteiger partial charge in [-0.3, -0.25) is 0 Å². The zero-order chi connectivity index (χ0) is 14.4. The lowest BCUT2D eigenvalue weighted by molar-refractivity contribution is 0.414. The third-order valence-corrected chi connectivity index (χ3v) is 4.20. The van der Waals surface area contributed by atoms with Gasteiger partial charge >= 0.3 is 0 Å². The van der Waals surface area contributed by atoms with Crippen molar-refractivity contribution in [3.05, 3.63) is 48.2 Å². The van der Waals surface area contributed by atoms with Crippen molar-refractivity contribution in [3.63, 3.8) is 0 Å². The second-order valence-electron chi connectivity index (χ2n) is 4.62. The van der Waals surface area contributed by atoms with Crippen LogP contribution >= 0.6 is 11.8 Å². The monoisotopic (exact) mass is 288 g/mol. The average molecular weight is 288 g/mol. The van der Waals surface area contributed by atoms with Gasteiger partial charge in [-0.05, 0) is 48.7 Å². The van der Waals surface area contributed by atoms with Crippen LogP contribution in [0.2, 0.25) is 0 Å². The van der Waals surface area contributed by atoms with Crippen molar-refractivity contribution in [3.8, 4) is 5.75 Å². The Morgan fingerprint density at radius 1 is 1.25 bits per heavy atom. The number of hydrogen-bond donors (Lipinski definition) is 1. The van der Waals surface area contributed by atoms with Crippen molar-refractivity contribution < 1.29 is 4.74 Å². The van der Waals surface area contributed by atoms with Crippen molar-refractivity contribution in [2.24, 2.45) is 5.73 Å². The molecule has 1 aromatic carbocycles. The molecule has 0 saturated carbocycles. The molecule has 4 heteroatoms. The Hall–Kier alpha value is -1.52. The van der Waals surface area contributed by atoms with Gasteiger partial charge in [0.2, 0.25) is 0 Å². The number of ether oxygens (including phenoxy) is 1. The Morgan fingerprint density at radius 2 is 2.00 bits per heavy atom. The number of methoxy groups -OCH3 is 1. The van der Waals surface area contributed by atoms with Gasteiger partial charge in [0.1, 0.15) is 10.8 Å². The van der Waals surface area contributed by atoms with E-state index in [1.165, 1.54) is 5.56 Å². The van der Waals surface area contributed by atoms with E-state index in [1.54, 1.807) is 18.9 Å². The van der Waals surface area contributed by atoms with Crippen LogP contribution in [0.3, 0.4) is 0 Å². The zero-order valence-corrected chi connectivity index (χ0v) is 12.7. The van der Waals surface area contributed by atoms with Gasteiger partial charge in [0.15, 0.2) is 0 Å². The van der Waals surface area contributed by atoms with Gasteiger partial charge in [-0.25, -0.2) is 4.98 Å².